The fourth-order valence-corrected chi connectivity index (χ4v) is 1.96. The van der Waals surface area contributed by atoms with Crippen molar-refractivity contribution in [2.75, 3.05) is 0 Å². The highest BCUT2D eigenvalue weighted by molar-refractivity contribution is 6.01. The normalized spacial score (nSPS) is 10.8. The number of amides is 1. The van der Waals surface area contributed by atoms with E-state index in [0.29, 0.717) is 16.7 Å². The molecule has 7 nitrogen and oxygen atoms in total. The lowest BCUT2D eigenvalue weighted by molar-refractivity contribution is 0.0997. The van der Waals surface area contributed by atoms with Crippen LogP contribution in [0.3, 0.4) is 0 Å². The number of nitrogens with zero attached hydrogens (tertiary/aromatic N) is 4. The molecule has 2 heterocycles. The van der Waals surface area contributed by atoms with E-state index >= 15 is 0 Å². The molecule has 0 unspecified atom stereocenters. The van der Waals surface area contributed by atoms with Gasteiger partial charge in [-0.05, 0) is 12.1 Å². The Morgan fingerprint density at radius 3 is 2.75 bits per heavy atom. The third-order valence-corrected chi connectivity index (χ3v) is 2.94. The summed E-state index contributed by atoms with van der Waals surface area (Å²) < 4.78 is 1.66. The van der Waals surface area contributed by atoms with Gasteiger partial charge in [-0.2, -0.15) is 0 Å². The molecule has 0 aliphatic heterocycles. The third-order valence-electron chi connectivity index (χ3n) is 2.94. The molecule has 0 saturated carbocycles. The van der Waals surface area contributed by atoms with Gasteiger partial charge in [0, 0.05) is 7.05 Å². The third kappa shape index (κ3) is 1.76. The number of fused-ring (bicyclic) bond motifs is 1. The summed E-state index contributed by atoms with van der Waals surface area (Å²) in [5.41, 5.74) is 6.62. The number of carbonyl (C=O) groups excluding carboxylic acids is 1. The Labute approximate surface area is 113 Å². The molecule has 0 atom stereocenters. The summed E-state index contributed by atoms with van der Waals surface area (Å²) in [5, 5.41) is 9.87. The van der Waals surface area contributed by atoms with Gasteiger partial charge in [-0.1, -0.05) is 12.1 Å². The lowest BCUT2D eigenvalue weighted by Crippen LogP contribution is -2.15. The number of rotatable bonds is 2. The average Bonchev–Trinajstić information content (AvgIpc) is 2.80. The molecule has 1 aromatic carbocycles. The molecule has 7 heteroatoms. The number of primary amides is 1. The molecule has 3 rings (SSSR count). The van der Waals surface area contributed by atoms with E-state index in [0.717, 1.165) is 0 Å². The van der Waals surface area contributed by atoms with Crippen LogP contribution in [0.25, 0.3) is 22.6 Å². The Balaban J connectivity index is 2.35. The zero-order valence-corrected chi connectivity index (χ0v) is 10.6. The van der Waals surface area contributed by atoms with Crippen LogP contribution in [0, 0.1) is 0 Å². The Kier molecular flexibility index (Phi) is 2.60. The van der Waals surface area contributed by atoms with Crippen LogP contribution in [-0.2, 0) is 7.05 Å². The maximum absolute atomic E-state index is 11.5. The molecule has 0 spiro atoms. The summed E-state index contributed by atoms with van der Waals surface area (Å²) >= 11 is 0. The molecule has 0 radical (unpaired) electrons. The Bertz CT molecular complexity index is 825. The van der Waals surface area contributed by atoms with E-state index in [4.69, 9.17) is 5.73 Å². The number of hydrogen-bond acceptors (Lipinski definition) is 5. The molecule has 3 N–H and O–H groups in total. The predicted octanol–water partition coefficient (Wildman–Crippen LogP) is 0.835. The number of benzene rings is 1. The van der Waals surface area contributed by atoms with Crippen LogP contribution in [0.1, 0.15) is 10.5 Å². The van der Waals surface area contributed by atoms with E-state index in [9.17, 15) is 9.90 Å². The first-order chi connectivity index (χ1) is 9.58. The van der Waals surface area contributed by atoms with Crippen LogP contribution in [-0.4, -0.2) is 30.5 Å². The Hall–Kier alpha value is -2.96. The lowest BCUT2D eigenvalue weighted by Gasteiger charge is -2.05. The van der Waals surface area contributed by atoms with Crippen molar-refractivity contribution in [3.05, 3.63) is 36.3 Å². The number of imidazole rings is 1. The van der Waals surface area contributed by atoms with Gasteiger partial charge in [0.25, 0.3) is 5.91 Å². The van der Waals surface area contributed by atoms with E-state index in [1.807, 2.05) is 0 Å². The molecule has 20 heavy (non-hydrogen) atoms. The van der Waals surface area contributed by atoms with E-state index in [1.165, 1.54) is 12.4 Å². The molecule has 100 valence electrons. The SMILES string of the molecule is Cn1cnc2c(C(N)=O)nc(-c3ccccc3O)nc21. The monoisotopic (exact) mass is 269 g/mol. The van der Waals surface area contributed by atoms with Crippen molar-refractivity contribution in [2.45, 2.75) is 0 Å². The van der Waals surface area contributed by atoms with Crippen molar-refractivity contribution in [3.63, 3.8) is 0 Å². The van der Waals surface area contributed by atoms with Gasteiger partial charge in [0.2, 0.25) is 0 Å². The summed E-state index contributed by atoms with van der Waals surface area (Å²) in [7, 11) is 1.75. The van der Waals surface area contributed by atoms with Crippen molar-refractivity contribution in [2.24, 2.45) is 12.8 Å². The average molecular weight is 269 g/mol. The highest BCUT2D eigenvalue weighted by atomic mass is 16.3. The number of hydrogen-bond donors (Lipinski definition) is 2. The van der Waals surface area contributed by atoms with E-state index < -0.39 is 5.91 Å². The van der Waals surface area contributed by atoms with Crippen LogP contribution < -0.4 is 5.73 Å². The number of carbonyl (C=O) groups is 1. The van der Waals surface area contributed by atoms with Gasteiger partial charge in [-0.3, -0.25) is 4.79 Å². The second-order valence-corrected chi connectivity index (χ2v) is 4.30. The van der Waals surface area contributed by atoms with Crippen LogP contribution in [0.4, 0.5) is 0 Å². The minimum absolute atomic E-state index is 0.0319. The number of phenols is 1. The molecular formula is C13H11N5O2. The van der Waals surface area contributed by atoms with Crippen LogP contribution in [0.2, 0.25) is 0 Å². The number of nitrogens with two attached hydrogens (primary N) is 1. The molecule has 3 aromatic rings. The predicted molar refractivity (Wildman–Crippen MR) is 71.9 cm³/mol. The summed E-state index contributed by atoms with van der Waals surface area (Å²) in [6, 6.07) is 6.62. The van der Waals surface area contributed by atoms with Gasteiger partial charge in [0.05, 0.1) is 11.9 Å². The van der Waals surface area contributed by atoms with Gasteiger partial charge >= 0.3 is 0 Å². The Morgan fingerprint density at radius 1 is 1.30 bits per heavy atom. The van der Waals surface area contributed by atoms with E-state index in [-0.39, 0.29) is 17.3 Å². The first-order valence-electron chi connectivity index (χ1n) is 5.85. The number of para-hydroxylation sites is 1. The molecular weight excluding hydrogens is 258 g/mol. The lowest BCUT2D eigenvalue weighted by atomic mass is 10.2. The minimum Gasteiger partial charge on any atom is -0.507 e. The fourth-order valence-electron chi connectivity index (χ4n) is 1.96. The summed E-state index contributed by atoms with van der Waals surface area (Å²) in [4.78, 5) is 24.0. The molecule has 0 aliphatic rings. The topological polar surface area (TPSA) is 107 Å². The zero-order chi connectivity index (χ0) is 14.3. The van der Waals surface area contributed by atoms with Crippen LogP contribution >= 0.6 is 0 Å². The van der Waals surface area contributed by atoms with Crippen molar-refractivity contribution in [1.29, 1.82) is 0 Å². The van der Waals surface area contributed by atoms with Gasteiger partial charge < -0.3 is 15.4 Å². The summed E-state index contributed by atoms with van der Waals surface area (Å²) in [5.74, 6) is -0.426. The number of phenolic OH excluding ortho intramolecular Hbond substituents is 1. The summed E-state index contributed by atoms with van der Waals surface area (Å²) in [6.07, 6.45) is 1.53. The van der Waals surface area contributed by atoms with Gasteiger partial charge in [0.1, 0.15) is 11.3 Å². The maximum Gasteiger partial charge on any atom is 0.269 e. The first kappa shape index (κ1) is 12.1. The summed E-state index contributed by atoms with van der Waals surface area (Å²) in [6.45, 7) is 0. The zero-order valence-electron chi connectivity index (χ0n) is 10.6. The largest absolute Gasteiger partial charge is 0.507 e. The van der Waals surface area contributed by atoms with E-state index in [1.54, 1.807) is 29.8 Å². The highest BCUT2D eigenvalue weighted by Gasteiger charge is 2.18. The number of aromatic nitrogens is 4. The standard InChI is InChI=1S/C13H11N5O2/c1-18-6-15-10-9(11(14)20)16-12(17-13(10)18)7-4-2-3-5-8(7)19/h2-6,19H,1H3,(H2,14,20). The molecule has 0 saturated heterocycles. The van der Waals surface area contributed by atoms with Crippen LogP contribution in [0.5, 0.6) is 5.75 Å². The molecule has 0 aliphatic carbocycles. The second-order valence-electron chi connectivity index (χ2n) is 4.30. The van der Waals surface area contributed by atoms with Crippen LogP contribution in [0.15, 0.2) is 30.6 Å². The van der Waals surface area contributed by atoms with Crippen molar-refractivity contribution >= 4 is 17.1 Å². The van der Waals surface area contributed by atoms with Crippen molar-refractivity contribution in [1.82, 2.24) is 19.5 Å². The Morgan fingerprint density at radius 2 is 2.05 bits per heavy atom. The van der Waals surface area contributed by atoms with Gasteiger partial charge in [-0.25, -0.2) is 15.0 Å². The molecule has 0 fully saturated rings. The maximum atomic E-state index is 11.5. The first-order valence-corrected chi connectivity index (χ1v) is 5.85. The van der Waals surface area contributed by atoms with E-state index in [2.05, 4.69) is 15.0 Å². The molecule has 1 amide bonds. The highest BCUT2D eigenvalue weighted by Crippen LogP contribution is 2.27. The fraction of sp³-hybridized carbons (Fsp3) is 0.0769. The van der Waals surface area contributed by atoms with Gasteiger partial charge in [0.15, 0.2) is 17.2 Å². The smallest absolute Gasteiger partial charge is 0.269 e. The number of aryl methyl sites for hydroxylation is 1. The molecule has 0 bridgehead atoms. The quantitative estimate of drug-likeness (QED) is 0.716. The van der Waals surface area contributed by atoms with Gasteiger partial charge in [-0.15, -0.1) is 0 Å². The number of aromatic hydroxyl groups is 1. The second kappa shape index (κ2) is 4.30. The van der Waals surface area contributed by atoms with Crippen molar-refractivity contribution < 1.29 is 9.90 Å². The molecule has 2 aromatic heterocycles. The minimum atomic E-state index is -0.687. The van der Waals surface area contributed by atoms with Crippen molar-refractivity contribution in [3.8, 4) is 17.1 Å².